The van der Waals surface area contributed by atoms with Gasteiger partial charge in [-0.05, 0) is 38.5 Å². The largest absolute Gasteiger partial charge is 0.507 e. The standard InChI is InChI=1S/C19H21NO4/c1-5-9-20-13(3)10-16(14(20)4)17(21)11-24-19(23)15-8-6-7-12(2)18(15)22/h5-8,10,22H,1,9,11H2,2-4H3. The molecule has 5 nitrogen and oxygen atoms in total. The maximum Gasteiger partial charge on any atom is 0.342 e. The molecule has 1 heterocycles. The molecule has 0 saturated heterocycles. The van der Waals surface area contributed by atoms with E-state index >= 15 is 0 Å². The summed E-state index contributed by atoms with van der Waals surface area (Å²) in [5.41, 5.74) is 2.91. The summed E-state index contributed by atoms with van der Waals surface area (Å²) in [5, 5.41) is 9.89. The van der Waals surface area contributed by atoms with E-state index in [-0.39, 0.29) is 23.7 Å². The number of esters is 1. The third kappa shape index (κ3) is 3.40. The molecule has 2 aromatic rings. The monoisotopic (exact) mass is 327 g/mol. The Balaban J connectivity index is 2.11. The number of aromatic hydroxyl groups is 1. The van der Waals surface area contributed by atoms with E-state index in [2.05, 4.69) is 6.58 Å². The molecule has 0 fully saturated rings. The predicted molar refractivity (Wildman–Crippen MR) is 91.6 cm³/mol. The average Bonchev–Trinajstić information content (AvgIpc) is 2.83. The number of hydrogen-bond donors (Lipinski definition) is 1. The van der Waals surface area contributed by atoms with Crippen molar-refractivity contribution in [1.82, 2.24) is 4.57 Å². The van der Waals surface area contributed by atoms with Crippen molar-refractivity contribution in [2.24, 2.45) is 0 Å². The molecule has 2 rings (SSSR count). The fourth-order valence-electron chi connectivity index (χ4n) is 2.60. The van der Waals surface area contributed by atoms with Gasteiger partial charge in [-0.3, -0.25) is 4.79 Å². The van der Waals surface area contributed by atoms with Crippen LogP contribution in [0.15, 0.2) is 36.9 Å². The number of aromatic nitrogens is 1. The lowest BCUT2D eigenvalue weighted by atomic mass is 10.1. The van der Waals surface area contributed by atoms with Gasteiger partial charge in [-0.15, -0.1) is 6.58 Å². The maximum absolute atomic E-state index is 12.3. The van der Waals surface area contributed by atoms with Gasteiger partial charge in [0.25, 0.3) is 0 Å². The number of aryl methyl sites for hydroxylation is 2. The molecular formula is C19H21NO4. The van der Waals surface area contributed by atoms with Gasteiger partial charge in [0.1, 0.15) is 11.3 Å². The Morgan fingerprint density at radius 2 is 1.96 bits per heavy atom. The van der Waals surface area contributed by atoms with E-state index in [1.807, 2.05) is 18.4 Å². The van der Waals surface area contributed by atoms with Crippen LogP contribution < -0.4 is 0 Å². The zero-order valence-electron chi connectivity index (χ0n) is 14.1. The van der Waals surface area contributed by atoms with Crippen LogP contribution in [-0.2, 0) is 11.3 Å². The minimum Gasteiger partial charge on any atom is -0.507 e. The summed E-state index contributed by atoms with van der Waals surface area (Å²) in [6.07, 6.45) is 1.76. The Hall–Kier alpha value is -2.82. The highest BCUT2D eigenvalue weighted by molar-refractivity contribution is 6.01. The highest BCUT2D eigenvalue weighted by Crippen LogP contribution is 2.22. The Bertz CT molecular complexity index is 802. The van der Waals surface area contributed by atoms with Gasteiger partial charge in [-0.2, -0.15) is 0 Å². The van der Waals surface area contributed by atoms with Crippen molar-refractivity contribution in [2.75, 3.05) is 6.61 Å². The predicted octanol–water partition coefficient (Wildman–Crippen LogP) is 3.34. The number of carbonyl (C=O) groups is 2. The molecule has 0 bridgehead atoms. The van der Waals surface area contributed by atoms with Crippen molar-refractivity contribution in [3.8, 4) is 5.75 Å². The number of allylic oxidation sites excluding steroid dienone is 1. The van der Waals surface area contributed by atoms with Gasteiger partial charge >= 0.3 is 5.97 Å². The number of phenols is 1. The van der Waals surface area contributed by atoms with Crippen molar-refractivity contribution in [1.29, 1.82) is 0 Å². The summed E-state index contributed by atoms with van der Waals surface area (Å²) < 4.78 is 7.03. The van der Waals surface area contributed by atoms with E-state index in [4.69, 9.17) is 4.74 Å². The van der Waals surface area contributed by atoms with Gasteiger partial charge < -0.3 is 14.4 Å². The average molecular weight is 327 g/mol. The second-order valence-electron chi connectivity index (χ2n) is 5.65. The fourth-order valence-corrected chi connectivity index (χ4v) is 2.60. The van der Waals surface area contributed by atoms with E-state index in [9.17, 15) is 14.7 Å². The van der Waals surface area contributed by atoms with E-state index in [0.29, 0.717) is 17.7 Å². The van der Waals surface area contributed by atoms with Crippen molar-refractivity contribution in [3.63, 3.8) is 0 Å². The van der Waals surface area contributed by atoms with Gasteiger partial charge in [-0.1, -0.05) is 18.2 Å². The van der Waals surface area contributed by atoms with Gasteiger partial charge in [0.2, 0.25) is 5.78 Å². The molecule has 0 amide bonds. The first kappa shape index (κ1) is 17.5. The summed E-state index contributed by atoms with van der Waals surface area (Å²) in [5.74, 6) is -1.12. The fraction of sp³-hybridized carbons (Fsp3) is 0.263. The molecule has 0 radical (unpaired) electrons. The number of ether oxygens (including phenoxy) is 1. The molecular weight excluding hydrogens is 306 g/mol. The van der Waals surface area contributed by atoms with Gasteiger partial charge in [0.15, 0.2) is 6.61 Å². The second kappa shape index (κ2) is 7.17. The molecule has 0 unspecified atom stereocenters. The lowest BCUT2D eigenvalue weighted by Crippen LogP contribution is -2.15. The van der Waals surface area contributed by atoms with Crippen molar-refractivity contribution in [2.45, 2.75) is 27.3 Å². The van der Waals surface area contributed by atoms with E-state index in [1.54, 1.807) is 31.2 Å². The van der Waals surface area contributed by atoms with Crippen molar-refractivity contribution < 1.29 is 19.4 Å². The van der Waals surface area contributed by atoms with Crippen LogP contribution in [0, 0.1) is 20.8 Å². The number of Topliss-reactive ketones (excluding diaryl/α,β-unsaturated/α-hetero) is 1. The van der Waals surface area contributed by atoms with Crippen molar-refractivity contribution in [3.05, 3.63) is 65.0 Å². The molecule has 0 aliphatic rings. The number of ketones is 1. The normalized spacial score (nSPS) is 10.5. The van der Waals surface area contributed by atoms with Crippen LogP contribution in [0.5, 0.6) is 5.75 Å². The molecule has 0 atom stereocenters. The first-order valence-corrected chi connectivity index (χ1v) is 7.63. The van der Waals surface area contributed by atoms with Crippen LogP contribution in [0.4, 0.5) is 0 Å². The third-order valence-corrected chi connectivity index (χ3v) is 3.98. The van der Waals surface area contributed by atoms with Crippen molar-refractivity contribution >= 4 is 11.8 Å². The van der Waals surface area contributed by atoms with Gasteiger partial charge in [0, 0.05) is 23.5 Å². The Labute approximate surface area is 141 Å². The number of carbonyl (C=O) groups excluding carboxylic acids is 2. The minimum atomic E-state index is -0.718. The van der Waals surface area contributed by atoms with Crippen LogP contribution in [0.3, 0.4) is 0 Å². The summed E-state index contributed by atoms with van der Waals surface area (Å²) >= 11 is 0. The number of para-hydroxylation sites is 1. The molecule has 0 saturated carbocycles. The van der Waals surface area contributed by atoms with Crippen LogP contribution in [0.2, 0.25) is 0 Å². The Morgan fingerprint density at radius 1 is 1.25 bits per heavy atom. The smallest absolute Gasteiger partial charge is 0.342 e. The van der Waals surface area contributed by atoms with E-state index in [0.717, 1.165) is 11.4 Å². The Morgan fingerprint density at radius 3 is 2.62 bits per heavy atom. The van der Waals surface area contributed by atoms with Gasteiger partial charge in [-0.25, -0.2) is 4.79 Å². The summed E-state index contributed by atoms with van der Waals surface area (Å²) in [6.45, 7) is 9.38. The molecule has 0 aliphatic heterocycles. The lowest BCUT2D eigenvalue weighted by Gasteiger charge is -2.08. The van der Waals surface area contributed by atoms with Crippen LogP contribution in [0.25, 0.3) is 0 Å². The minimum absolute atomic E-state index is 0.0555. The molecule has 1 N–H and O–H groups in total. The first-order chi connectivity index (χ1) is 11.4. The number of rotatable bonds is 6. The summed E-state index contributed by atoms with van der Waals surface area (Å²) in [7, 11) is 0. The number of nitrogens with zero attached hydrogens (tertiary/aromatic N) is 1. The molecule has 0 aliphatic carbocycles. The van der Waals surface area contributed by atoms with E-state index < -0.39 is 5.97 Å². The SMILES string of the molecule is C=CCn1c(C)cc(C(=O)COC(=O)c2cccc(C)c2O)c1C. The number of phenolic OH excluding ortho intramolecular Hbond substituents is 1. The molecule has 126 valence electrons. The number of hydrogen-bond acceptors (Lipinski definition) is 4. The molecule has 24 heavy (non-hydrogen) atoms. The second-order valence-corrected chi connectivity index (χ2v) is 5.65. The van der Waals surface area contributed by atoms with E-state index in [1.165, 1.54) is 6.07 Å². The zero-order valence-corrected chi connectivity index (χ0v) is 14.1. The maximum atomic E-state index is 12.3. The number of benzene rings is 1. The first-order valence-electron chi connectivity index (χ1n) is 7.63. The highest BCUT2D eigenvalue weighted by atomic mass is 16.5. The molecule has 0 spiro atoms. The quantitative estimate of drug-likeness (QED) is 0.502. The summed E-state index contributed by atoms with van der Waals surface area (Å²) in [4.78, 5) is 24.4. The molecule has 5 heteroatoms. The topological polar surface area (TPSA) is 68.5 Å². The van der Waals surface area contributed by atoms with Gasteiger partial charge in [0.05, 0.1) is 0 Å². The molecule has 1 aromatic carbocycles. The summed E-state index contributed by atoms with van der Waals surface area (Å²) in [6, 6.07) is 6.58. The van der Waals surface area contributed by atoms with Crippen LogP contribution >= 0.6 is 0 Å². The highest BCUT2D eigenvalue weighted by Gasteiger charge is 2.19. The van der Waals surface area contributed by atoms with Crippen LogP contribution in [-0.4, -0.2) is 28.0 Å². The zero-order chi connectivity index (χ0) is 17.9. The third-order valence-electron chi connectivity index (χ3n) is 3.98. The Kier molecular flexibility index (Phi) is 5.24. The molecule has 1 aromatic heterocycles. The lowest BCUT2D eigenvalue weighted by molar-refractivity contribution is 0.0471. The van der Waals surface area contributed by atoms with Crippen LogP contribution in [0.1, 0.15) is 37.7 Å².